The molecule has 0 atom stereocenters. The number of benzene rings is 1. The van der Waals surface area contributed by atoms with Gasteiger partial charge in [-0.1, -0.05) is 0 Å². The van der Waals surface area contributed by atoms with Crippen molar-refractivity contribution >= 4 is 34.6 Å². The van der Waals surface area contributed by atoms with E-state index in [-0.39, 0.29) is 12.5 Å². The van der Waals surface area contributed by atoms with Gasteiger partial charge in [0.25, 0.3) is 0 Å². The summed E-state index contributed by atoms with van der Waals surface area (Å²) in [7, 11) is 0. The molecule has 14 heavy (non-hydrogen) atoms. The maximum Gasteiger partial charge on any atom is 0.246 e. The van der Waals surface area contributed by atoms with Crippen molar-refractivity contribution in [1.82, 2.24) is 5.32 Å². The highest BCUT2D eigenvalue weighted by atomic mass is 32.1. The standard InChI is InChI=1S/C9H9N3OS/c10-6-1-3-7(4-2-6)12-5-8(13)11-9(12)14/h1-4H,5,10H2,(H,11,13,14). The summed E-state index contributed by atoms with van der Waals surface area (Å²) in [6.45, 7) is 0.281. The Kier molecular flexibility index (Phi) is 2.09. The maximum absolute atomic E-state index is 11.0. The molecule has 1 amide bonds. The fraction of sp³-hybridized carbons (Fsp3) is 0.111. The van der Waals surface area contributed by atoms with Crippen LogP contribution in [-0.2, 0) is 4.79 Å². The van der Waals surface area contributed by atoms with Gasteiger partial charge >= 0.3 is 0 Å². The molecule has 1 aromatic carbocycles. The number of carbonyl (C=O) groups is 1. The van der Waals surface area contributed by atoms with Crippen LogP contribution in [-0.4, -0.2) is 17.6 Å². The van der Waals surface area contributed by atoms with E-state index in [4.69, 9.17) is 18.0 Å². The average molecular weight is 207 g/mol. The highest BCUT2D eigenvalue weighted by Gasteiger charge is 2.24. The van der Waals surface area contributed by atoms with Gasteiger partial charge in [0.15, 0.2) is 5.11 Å². The molecule has 1 aromatic rings. The van der Waals surface area contributed by atoms with Crippen LogP contribution >= 0.6 is 12.2 Å². The molecular weight excluding hydrogens is 198 g/mol. The first-order chi connectivity index (χ1) is 6.66. The van der Waals surface area contributed by atoms with Crippen molar-refractivity contribution < 1.29 is 4.79 Å². The number of hydrogen-bond acceptors (Lipinski definition) is 3. The predicted molar refractivity (Wildman–Crippen MR) is 58.9 cm³/mol. The third-order valence-corrected chi connectivity index (χ3v) is 2.32. The highest BCUT2D eigenvalue weighted by Crippen LogP contribution is 2.18. The first-order valence-corrected chi connectivity index (χ1v) is 4.54. The number of hydrogen-bond donors (Lipinski definition) is 2. The summed E-state index contributed by atoms with van der Waals surface area (Å²) in [5.41, 5.74) is 7.12. The molecule has 1 fully saturated rings. The zero-order chi connectivity index (χ0) is 10.1. The lowest BCUT2D eigenvalue weighted by molar-refractivity contribution is -0.117. The molecule has 0 bridgehead atoms. The van der Waals surface area contributed by atoms with Crippen LogP contribution < -0.4 is 16.0 Å². The SMILES string of the molecule is Nc1ccc(N2CC(=O)NC2=S)cc1. The summed E-state index contributed by atoms with van der Waals surface area (Å²) in [6, 6.07) is 7.23. The fourth-order valence-corrected chi connectivity index (χ4v) is 1.59. The molecule has 0 aliphatic carbocycles. The molecule has 2 rings (SSSR count). The van der Waals surface area contributed by atoms with Crippen LogP contribution in [0, 0.1) is 0 Å². The number of nitrogens with two attached hydrogens (primary N) is 1. The van der Waals surface area contributed by atoms with Crippen molar-refractivity contribution in [3.05, 3.63) is 24.3 Å². The van der Waals surface area contributed by atoms with Gasteiger partial charge in [-0.25, -0.2) is 0 Å². The summed E-state index contributed by atoms with van der Waals surface area (Å²) in [4.78, 5) is 12.8. The Balaban J connectivity index is 2.27. The van der Waals surface area contributed by atoms with Crippen LogP contribution in [0.25, 0.3) is 0 Å². The molecular formula is C9H9N3OS. The summed E-state index contributed by atoms with van der Waals surface area (Å²) < 4.78 is 0. The number of nitrogens with zero attached hydrogens (tertiary/aromatic N) is 1. The number of carbonyl (C=O) groups excluding carboxylic acids is 1. The van der Waals surface area contributed by atoms with Gasteiger partial charge in [0, 0.05) is 11.4 Å². The number of anilines is 2. The van der Waals surface area contributed by atoms with E-state index in [1.807, 2.05) is 12.1 Å². The topological polar surface area (TPSA) is 58.4 Å². The summed E-state index contributed by atoms with van der Waals surface area (Å²) in [6.07, 6.45) is 0. The van der Waals surface area contributed by atoms with Crippen molar-refractivity contribution in [2.45, 2.75) is 0 Å². The van der Waals surface area contributed by atoms with Crippen LogP contribution in [0.5, 0.6) is 0 Å². The lowest BCUT2D eigenvalue weighted by Gasteiger charge is -2.15. The van der Waals surface area contributed by atoms with Gasteiger partial charge in [0.05, 0.1) is 0 Å². The van der Waals surface area contributed by atoms with Crippen LogP contribution in [0.4, 0.5) is 11.4 Å². The molecule has 5 heteroatoms. The normalized spacial score (nSPS) is 15.9. The van der Waals surface area contributed by atoms with E-state index < -0.39 is 0 Å². The Bertz CT molecular complexity index is 388. The van der Waals surface area contributed by atoms with Crippen molar-refractivity contribution in [2.75, 3.05) is 17.2 Å². The first kappa shape index (κ1) is 8.96. The number of nitrogen functional groups attached to an aromatic ring is 1. The molecule has 1 saturated heterocycles. The molecule has 0 aromatic heterocycles. The first-order valence-electron chi connectivity index (χ1n) is 4.14. The number of thiocarbonyl (C=S) groups is 1. The predicted octanol–water partition coefficient (Wildman–Crippen LogP) is 0.490. The molecule has 0 saturated carbocycles. The van der Waals surface area contributed by atoms with E-state index in [2.05, 4.69) is 5.32 Å². The lowest BCUT2D eigenvalue weighted by Crippen LogP contribution is -2.27. The average Bonchev–Trinajstić information content (AvgIpc) is 2.47. The summed E-state index contributed by atoms with van der Waals surface area (Å²) in [5, 5.41) is 3.01. The van der Waals surface area contributed by atoms with Gasteiger partial charge in [-0.3, -0.25) is 4.79 Å². The Morgan fingerprint density at radius 3 is 2.50 bits per heavy atom. The van der Waals surface area contributed by atoms with Gasteiger partial charge < -0.3 is 16.0 Å². The Hall–Kier alpha value is -1.62. The third-order valence-electron chi connectivity index (χ3n) is 2.00. The van der Waals surface area contributed by atoms with Gasteiger partial charge in [0.2, 0.25) is 5.91 Å². The van der Waals surface area contributed by atoms with Crippen molar-refractivity contribution in [2.24, 2.45) is 0 Å². The fourth-order valence-electron chi connectivity index (χ4n) is 1.30. The second-order valence-corrected chi connectivity index (χ2v) is 3.42. The molecule has 1 heterocycles. The Labute approximate surface area is 86.7 Å². The van der Waals surface area contributed by atoms with E-state index in [1.165, 1.54) is 0 Å². The van der Waals surface area contributed by atoms with Crippen LogP contribution in [0.1, 0.15) is 0 Å². The molecule has 1 aliphatic rings. The van der Waals surface area contributed by atoms with Crippen molar-refractivity contribution in [1.29, 1.82) is 0 Å². The van der Waals surface area contributed by atoms with Crippen LogP contribution in [0.2, 0.25) is 0 Å². The van der Waals surface area contributed by atoms with Crippen LogP contribution in [0.15, 0.2) is 24.3 Å². The van der Waals surface area contributed by atoms with Crippen molar-refractivity contribution in [3.63, 3.8) is 0 Å². The zero-order valence-corrected chi connectivity index (χ0v) is 8.17. The maximum atomic E-state index is 11.0. The van der Waals surface area contributed by atoms with E-state index in [9.17, 15) is 4.79 Å². The largest absolute Gasteiger partial charge is 0.399 e. The van der Waals surface area contributed by atoms with Crippen LogP contribution in [0.3, 0.4) is 0 Å². The van der Waals surface area contributed by atoms with Gasteiger partial charge in [-0.05, 0) is 36.5 Å². The molecule has 0 radical (unpaired) electrons. The summed E-state index contributed by atoms with van der Waals surface area (Å²) in [5.74, 6) is -0.0770. The number of amides is 1. The molecule has 72 valence electrons. The summed E-state index contributed by atoms with van der Waals surface area (Å²) >= 11 is 5.00. The Morgan fingerprint density at radius 2 is 2.00 bits per heavy atom. The Morgan fingerprint density at radius 1 is 1.36 bits per heavy atom. The minimum absolute atomic E-state index is 0.0770. The second kappa shape index (κ2) is 3.26. The molecule has 3 N–H and O–H groups in total. The third kappa shape index (κ3) is 1.54. The number of nitrogens with one attached hydrogen (secondary N) is 1. The van der Waals surface area contributed by atoms with E-state index in [0.717, 1.165) is 5.69 Å². The van der Waals surface area contributed by atoms with Gasteiger partial charge in [-0.15, -0.1) is 0 Å². The van der Waals surface area contributed by atoms with E-state index >= 15 is 0 Å². The smallest absolute Gasteiger partial charge is 0.246 e. The molecule has 1 aliphatic heterocycles. The molecule has 0 spiro atoms. The monoisotopic (exact) mass is 207 g/mol. The van der Waals surface area contributed by atoms with Gasteiger partial charge in [-0.2, -0.15) is 0 Å². The minimum atomic E-state index is -0.0770. The highest BCUT2D eigenvalue weighted by molar-refractivity contribution is 7.80. The second-order valence-electron chi connectivity index (χ2n) is 3.03. The van der Waals surface area contributed by atoms with E-state index in [1.54, 1.807) is 17.0 Å². The lowest BCUT2D eigenvalue weighted by atomic mass is 10.2. The van der Waals surface area contributed by atoms with Crippen molar-refractivity contribution in [3.8, 4) is 0 Å². The zero-order valence-electron chi connectivity index (χ0n) is 7.36. The number of rotatable bonds is 1. The molecule has 0 unspecified atom stereocenters. The van der Waals surface area contributed by atoms with E-state index in [0.29, 0.717) is 10.8 Å². The molecule has 4 nitrogen and oxygen atoms in total. The van der Waals surface area contributed by atoms with Gasteiger partial charge in [0.1, 0.15) is 6.54 Å². The minimum Gasteiger partial charge on any atom is -0.399 e. The quantitative estimate of drug-likeness (QED) is 0.520.